The van der Waals surface area contributed by atoms with Crippen molar-refractivity contribution in [2.75, 3.05) is 24.5 Å². The van der Waals surface area contributed by atoms with Crippen molar-refractivity contribution < 1.29 is 0 Å². The van der Waals surface area contributed by atoms with Gasteiger partial charge in [-0.3, -0.25) is 0 Å². The summed E-state index contributed by atoms with van der Waals surface area (Å²) in [4.78, 5) is 2.51. The highest BCUT2D eigenvalue weighted by molar-refractivity contribution is 7.08. The molecule has 3 heteroatoms. The Labute approximate surface area is 103 Å². The minimum atomic E-state index is 0.677. The highest BCUT2D eigenvalue weighted by Gasteiger charge is 2.19. The first-order valence-electron chi connectivity index (χ1n) is 6.26. The molecule has 1 aliphatic rings. The highest BCUT2D eigenvalue weighted by Crippen LogP contribution is 2.22. The van der Waals surface area contributed by atoms with Crippen molar-refractivity contribution in [1.29, 1.82) is 0 Å². The number of anilines is 1. The summed E-state index contributed by atoms with van der Waals surface area (Å²) < 4.78 is 0. The Bertz CT molecular complexity index is 295. The van der Waals surface area contributed by atoms with Crippen LogP contribution in [0.3, 0.4) is 0 Å². The van der Waals surface area contributed by atoms with Crippen LogP contribution >= 0.6 is 11.3 Å². The van der Waals surface area contributed by atoms with E-state index >= 15 is 0 Å². The van der Waals surface area contributed by atoms with Crippen LogP contribution in [0.4, 0.5) is 5.69 Å². The molecular weight excluding hydrogens is 216 g/mol. The lowest BCUT2D eigenvalue weighted by Crippen LogP contribution is -2.46. The largest absolute Gasteiger partial charge is 0.369 e. The van der Waals surface area contributed by atoms with Gasteiger partial charge >= 0.3 is 0 Å². The Morgan fingerprint density at radius 3 is 3.12 bits per heavy atom. The molecule has 0 saturated carbocycles. The molecule has 0 bridgehead atoms. The third kappa shape index (κ3) is 3.22. The van der Waals surface area contributed by atoms with Gasteiger partial charge in [-0.1, -0.05) is 13.8 Å². The topological polar surface area (TPSA) is 15.3 Å². The normalized spacial score (nSPS) is 21.7. The zero-order valence-corrected chi connectivity index (χ0v) is 11.1. The summed E-state index contributed by atoms with van der Waals surface area (Å²) in [6.45, 7) is 8.07. The second-order valence-corrected chi connectivity index (χ2v) is 5.85. The molecule has 1 aliphatic heterocycles. The van der Waals surface area contributed by atoms with Gasteiger partial charge in [0.05, 0.1) is 0 Å². The second-order valence-electron chi connectivity index (χ2n) is 5.07. The van der Waals surface area contributed by atoms with E-state index in [4.69, 9.17) is 0 Å². The fraction of sp³-hybridized carbons (Fsp3) is 0.692. The van der Waals surface area contributed by atoms with Crippen LogP contribution in [0.15, 0.2) is 16.8 Å². The van der Waals surface area contributed by atoms with Crippen LogP contribution in [0.1, 0.15) is 26.7 Å². The van der Waals surface area contributed by atoms with Gasteiger partial charge in [-0.2, -0.15) is 11.3 Å². The zero-order valence-electron chi connectivity index (χ0n) is 10.3. The highest BCUT2D eigenvalue weighted by atomic mass is 32.1. The molecule has 2 rings (SSSR count). The molecule has 1 unspecified atom stereocenters. The Morgan fingerprint density at radius 1 is 1.56 bits per heavy atom. The molecule has 1 fully saturated rings. The van der Waals surface area contributed by atoms with E-state index in [1.165, 1.54) is 31.6 Å². The molecule has 0 spiro atoms. The van der Waals surface area contributed by atoms with Crippen molar-refractivity contribution in [1.82, 2.24) is 5.32 Å². The molecule has 16 heavy (non-hydrogen) atoms. The number of nitrogens with zero attached hydrogens (tertiary/aromatic N) is 1. The van der Waals surface area contributed by atoms with Crippen molar-refractivity contribution in [3.8, 4) is 0 Å². The molecule has 1 saturated heterocycles. The molecule has 0 radical (unpaired) electrons. The summed E-state index contributed by atoms with van der Waals surface area (Å²) >= 11 is 1.79. The quantitative estimate of drug-likeness (QED) is 0.867. The second kappa shape index (κ2) is 5.69. The molecule has 0 amide bonds. The minimum Gasteiger partial charge on any atom is -0.369 e. The van der Waals surface area contributed by atoms with Gasteiger partial charge in [0, 0.05) is 30.2 Å². The molecule has 0 aromatic carbocycles. The third-order valence-electron chi connectivity index (χ3n) is 3.11. The monoisotopic (exact) mass is 238 g/mol. The van der Waals surface area contributed by atoms with Crippen LogP contribution in [0.25, 0.3) is 0 Å². The van der Waals surface area contributed by atoms with Gasteiger partial charge in [-0.25, -0.2) is 0 Å². The Morgan fingerprint density at radius 2 is 2.44 bits per heavy atom. The van der Waals surface area contributed by atoms with Gasteiger partial charge in [0.1, 0.15) is 0 Å². The maximum Gasteiger partial charge on any atom is 0.0475 e. The maximum absolute atomic E-state index is 3.67. The number of nitrogens with one attached hydrogen (secondary N) is 1. The van der Waals surface area contributed by atoms with Gasteiger partial charge < -0.3 is 10.2 Å². The fourth-order valence-corrected chi connectivity index (χ4v) is 2.88. The van der Waals surface area contributed by atoms with E-state index in [2.05, 4.69) is 40.9 Å². The maximum atomic E-state index is 3.67. The molecule has 2 heterocycles. The standard InChI is InChI=1S/C13H22N2S/c1-11(2)8-14-12-4-3-6-15(9-12)13-5-7-16-10-13/h5,7,10-12,14H,3-4,6,8-9H2,1-2H3. The summed E-state index contributed by atoms with van der Waals surface area (Å²) in [5, 5.41) is 8.10. The van der Waals surface area contributed by atoms with Crippen molar-refractivity contribution in [3.63, 3.8) is 0 Å². The van der Waals surface area contributed by atoms with Crippen LogP contribution in [0.2, 0.25) is 0 Å². The van der Waals surface area contributed by atoms with E-state index in [0.717, 1.165) is 12.5 Å². The number of piperidine rings is 1. The Balaban J connectivity index is 1.84. The first kappa shape index (κ1) is 11.9. The van der Waals surface area contributed by atoms with E-state index in [1.54, 1.807) is 11.3 Å². The SMILES string of the molecule is CC(C)CNC1CCCN(c2ccsc2)C1. The van der Waals surface area contributed by atoms with Gasteiger partial charge in [-0.05, 0) is 36.8 Å². The van der Waals surface area contributed by atoms with Crippen LogP contribution < -0.4 is 10.2 Å². The summed E-state index contributed by atoms with van der Waals surface area (Å²) in [6, 6.07) is 2.91. The smallest absolute Gasteiger partial charge is 0.0475 e. The van der Waals surface area contributed by atoms with E-state index in [9.17, 15) is 0 Å². The predicted octanol–water partition coefficient (Wildman–Crippen LogP) is 2.96. The van der Waals surface area contributed by atoms with E-state index in [1.807, 2.05) is 0 Å². The first-order valence-corrected chi connectivity index (χ1v) is 7.20. The van der Waals surface area contributed by atoms with Crippen LogP contribution in [-0.2, 0) is 0 Å². The molecule has 1 aromatic heterocycles. The Hall–Kier alpha value is -0.540. The number of hydrogen-bond donors (Lipinski definition) is 1. The predicted molar refractivity (Wildman–Crippen MR) is 72.4 cm³/mol. The average molecular weight is 238 g/mol. The van der Waals surface area contributed by atoms with E-state index < -0.39 is 0 Å². The molecule has 1 aromatic rings. The van der Waals surface area contributed by atoms with Gasteiger partial charge in [-0.15, -0.1) is 0 Å². The Kier molecular flexibility index (Phi) is 4.24. The number of thiophene rings is 1. The first-order chi connectivity index (χ1) is 7.75. The summed E-state index contributed by atoms with van der Waals surface area (Å²) in [6.07, 6.45) is 2.64. The van der Waals surface area contributed by atoms with Crippen molar-refractivity contribution in [3.05, 3.63) is 16.8 Å². The van der Waals surface area contributed by atoms with Gasteiger partial charge in [0.2, 0.25) is 0 Å². The minimum absolute atomic E-state index is 0.677. The fourth-order valence-electron chi connectivity index (χ4n) is 2.22. The molecule has 1 N–H and O–H groups in total. The lowest BCUT2D eigenvalue weighted by Gasteiger charge is -2.34. The van der Waals surface area contributed by atoms with Gasteiger partial charge in [0.15, 0.2) is 0 Å². The molecule has 0 aliphatic carbocycles. The molecule has 2 nitrogen and oxygen atoms in total. The van der Waals surface area contributed by atoms with E-state index in [-0.39, 0.29) is 0 Å². The zero-order chi connectivity index (χ0) is 11.4. The lowest BCUT2D eigenvalue weighted by molar-refractivity contribution is 0.400. The summed E-state index contributed by atoms with van der Waals surface area (Å²) in [7, 11) is 0. The van der Waals surface area contributed by atoms with Crippen LogP contribution in [0.5, 0.6) is 0 Å². The average Bonchev–Trinajstić information content (AvgIpc) is 2.80. The van der Waals surface area contributed by atoms with E-state index in [0.29, 0.717) is 6.04 Å². The summed E-state index contributed by atoms with van der Waals surface area (Å²) in [5.74, 6) is 0.747. The van der Waals surface area contributed by atoms with Crippen molar-refractivity contribution in [2.45, 2.75) is 32.7 Å². The van der Waals surface area contributed by atoms with Crippen LogP contribution in [-0.4, -0.2) is 25.7 Å². The number of hydrogen-bond acceptors (Lipinski definition) is 3. The lowest BCUT2D eigenvalue weighted by atomic mass is 10.0. The summed E-state index contributed by atoms with van der Waals surface area (Å²) in [5.41, 5.74) is 1.40. The number of rotatable bonds is 4. The van der Waals surface area contributed by atoms with Crippen LogP contribution in [0, 0.1) is 5.92 Å². The molecular formula is C13H22N2S. The van der Waals surface area contributed by atoms with Crippen molar-refractivity contribution in [2.24, 2.45) is 5.92 Å². The van der Waals surface area contributed by atoms with Crippen molar-refractivity contribution >= 4 is 17.0 Å². The van der Waals surface area contributed by atoms with Gasteiger partial charge in [0.25, 0.3) is 0 Å². The molecule has 90 valence electrons. The molecule has 1 atom stereocenters. The third-order valence-corrected chi connectivity index (χ3v) is 3.78.